The highest BCUT2D eigenvalue weighted by Crippen LogP contribution is 2.10. The van der Waals surface area contributed by atoms with E-state index in [1.165, 1.54) is 0 Å². The van der Waals surface area contributed by atoms with Gasteiger partial charge in [0.15, 0.2) is 6.61 Å². The number of allylic oxidation sites excluding steroid dienone is 3. The third-order valence-electron chi connectivity index (χ3n) is 1.42. The van der Waals surface area contributed by atoms with Gasteiger partial charge in [-0.15, -0.1) is 0 Å². The van der Waals surface area contributed by atoms with Gasteiger partial charge >= 0.3 is 0 Å². The van der Waals surface area contributed by atoms with Gasteiger partial charge in [-0.25, -0.2) is 0 Å². The van der Waals surface area contributed by atoms with Crippen LogP contribution in [0.5, 0.6) is 0 Å². The van der Waals surface area contributed by atoms with Crippen molar-refractivity contribution in [2.24, 2.45) is 0 Å². The highest BCUT2D eigenvalue weighted by atomic mass is 16.5. The molecule has 1 aliphatic heterocycles. The summed E-state index contributed by atoms with van der Waals surface area (Å²) in [5.74, 6) is 0.487. The van der Waals surface area contributed by atoms with Crippen molar-refractivity contribution in [2.45, 2.75) is 6.92 Å². The lowest BCUT2D eigenvalue weighted by molar-refractivity contribution is -0.124. The quantitative estimate of drug-likeness (QED) is 0.665. The molecule has 0 spiro atoms. The number of hydrogen-bond donors (Lipinski definition) is 1. The number of nitrogens with one attached hydrogen (secondary N) is 1. The minimum Gasteiger partial charge on any atom is -0.482 e. The van der Waals surface area contributed by atoms with E-state index in [1.54, 1.807) is 12.2 Å². The second-order valence-electron chi connectivity index (χ2n) is 2.32. The average molecular weight is 165 g/mol. The van der Waals surface area contributed by atoms with Crippen LogP contribution >= 0.6 is 0 Å². The lowest BCUT2D eigenvalue weighted by Gasteiger charge is -2.17. The van der Waals surface area contributed by atoms with Crippen molar-refractivity contribution in [3.8, 4) is 0 Å². The molecule has 0 saturated carbocycles. The third kappa shape index (κ3) is 1.75. The van der Waals surface area contributed by atoms with Gasteiger partial charge in [0.2, 0.25) is 0 Å². The molecule has 0 atom stereocenters. The number of amides is 1. The van der Waals surface area contributed by atoms with Crippen LogP contribution in [0, 0.1) is 0 Å². The van der Waals surface area contributed by atoms with Gasteiger partial charge < -0.3 is 10.1 Å². The first-order valence-electron chi connectivity index (χ1n) is 3.70. The van der Waals surface area contributed by atoms with Crippen molar-refractivity contribution >= 4 is 5.91 Å². The van der Waals surface area contributed by atoms with Gasteiger partial charge in [-0.05, 0) is 19.1 Å². The Bertz CT molecular complexity index is 264. The molecule has 12 heavy (non-hydrogen) atoms. The smallest absolute Gasteiger partial charge is 0.262 e. The molecule has 1 heterocycles. The fourth-order valence-electron chi connectivity index (χ4n) is 0.928. The topological polar surface area (TPSA) is 38.3 Å². The second-order valence-corrected chi connectivity index (χ2v) is 2.32. The van der Waals surface area contributed by atoms with E-state index in [0.29, 0.717) is 11.5 Å². The molecular formula is C9H11NO2. The molecule has 0 bridgehead atoms. The summed E-state index contributed by atoms with van der Waals surface area (Å²) < 4.78 is 5.10. The van der Waals surface area contributed by atoms with E-state index in [9.17, 15) is 4.79 Å². The van der Waals surface area contributed by atoms with Gasteiger partial charge in [0.05, 0.1) is 5.70 Å². The van der Waals surface area contributed by atoms with Crippen LogP contribution in [0.25, 0.3) is 0 Å². The van der Waals surface area contributed by atoms with E-state index in [0.717, 1.165) is 0 Å². The molecule has 0 aromatic heterocycles. The van der Waals surface area contributed by atoms with Crippen LogP contribution in [0.1, 0.15) is 6.92 Å². The van der Waals surface area contributed by atoms with Crippen LogP contribution in [-0.2, 0) is 9.53 Å². The van der Waals surface area contributed by atoms with Crippen molar-refractivity contribution < 1.29 is 9.53 Å². The molecule has 3 heteroatoms. The normalized spacial score (nSPS) is 17.6. The fourth-order valence-corrected chi connectivity index (χ4v) is 0.928. The van der Waals surface area contributed by atoms with Crippen LogP contribution in [0.4, 0.5) is 0 Å². The molecule has 1 aliphatic rings. The SMILES string of the molecule is C=CC1=C(/C=C\C)NC(=O)CO1. The Kier molecular flexibility index (Phi) is 2.69. The van der Waals surface area contributed by atoms with E-state index < -0.39 is 0 Å². The summed E-state index contributed by atoms with van der Waals surface area (Å²) >= 11 is 0. The van der Waals surface area contributed by atoms with Crippen molar-refractivity contribution in [1.82, 2.24) is 5.32 Å². The Morgan fingerprint density at radius 1 is 1.67 bits per heavy atom. The van der Waals surface area contributed by atoms with E-state index >= 15 is 0 Å². The van der Waals surface area contributed by atoms with Gasteiger partial charge in [-0.2, -0.15) is 0 Å². The summed E-state index contributed by atoms with van der Waals surface area (Å²) in [5.41, 5.74) is 0.670. The van der Waals surface area contributed by atoms with Crippen LogP contribution in [-0.4, -0.2) is 12.5 Å². The zero-order valence-electron chi connectivity index (χ0n) is 6.96. The number of hydrogen-bond acceptors (Lipinski definition) is 2. The lowest BCUT2D eigenvalue weighted by atomic mass is 10.3. The van der Waals surface area contributed by atoms with E-state index in [1.807, 2.05) is 13.0 Å². The maximum Gasteiger partial charge on any atom is 0.262 e. The zero-order chi connectivity index (χ0) is 8.97. The Morgan fingerprint density at radius 3 is 3.00 bits per heavy atom. The highest BCUT2D eigenvalue weighted by molar-refractivity contribution is 5.81. The Hall–Kier alpha value is -1.51. The summed E-state index contributed by atoms with van der Waals surface area (Å²) in [6.45, 7) is 5.52. The molecular weight excluding hydrogens is 154 g/mol. The van der Waals surface area contributed by atoms with Crippen molar-refractivity contribution in [3.05, 3.63) is 36.3 Å². The van der Waals surface area contributed by atoms with Crippen LogP contribution in [0.15, 0.2) is 36.3 Å². The molecule has 0 saturated heterocycles. The van der Waals surface area contributed by atoms with Gasteiger partial charge in [0.1, 0.15) is 5.76 Å². The molecule has 1 N–H and O–H groups in total. The first-order valence-corrected chi connectivity index (χ1v) is 3.70. The molecule has 64 valence electrons. The molecule has 0 aromatic rings. The summed E-state index contributed by atoms with van der Waals surface area (Å²) in [7, 11) is 0. The monoisotopic (exact) mass is 165 g/mol. The largest absolute Gasteiger partial charge is 0.482 e. The number of carbonyl (C=O) groups is 1. The first kappa shape index (κ1) is 8.59. The molecule has 0 unspecified atom stereocenters. The minimum atomic E-state index is -0.131. The van der Waals surface area contributed by atoms with E-state index in [2.05, 4.69) is 11.9 Å². The summed E-state index contributed by atoms with van der Waals surface area (Å²) in [6, 6.07) is 0. The van der Waals surface area contributed by atoms with Crippen molar-refractivity contribution in [2.75, 3.05) is 6.61 Å². The van der Waals surface area contributed by atoms with E-state index in [-0.39, 0.29) is 12.5 Å². The zero-order valence-corrected chi connectivity index (χ0v) is 6.96. The van der Waals surface area contributed by atoms with Gasteiger partial charge in [0.25, 0.3) is 5.91 Å². The molecule has 0 fully saturated rings. The second kappa shape index (κ2) is 3.76. The Labute approximate surface area is 71.4 Å². The van der Waals surface area contributed by atoms with Crippen LogP contribution < -0.4 is 5.32 Å². The first-order chi connectivity index (χ1) is 5.77. The fraction of sp³-hybridized carbons (Fsp3) is 0.222. The molecule has 0 radical (unpaired) electrons. The van der Waals surface area contributed by atoms with Crippen LogP contribution in [0.3, 0.4) is 0 Å². The van der Waals surface area contributed by atoms with Gasteiger partial charge in [0, 0.05) is 0 Å². The van der Waals surface area contributed by atoms with Crippen molar-refractivity contribution in [3.63, 3.8) is 0 Å². The van der Waals surface area contributed by atoms with Crippen molar-refractivity contribution in [1.29, 1.82) is 0 Å². The Balaban J connectivity index is 2.91. The van der Waals surface area contributed by atoms with Gasteiger partial charge in [-0.1, -0.05) is 12.7 Å². The maximum atomic E-state index is 10.9. The predicted molar refractivity (Wildman–Crippen MR) is 46.1 cm³/mol. The van der Waals surface area contributed by atoms with Gasteiger partial charge in [-0.3, -0.25) is 4.79 Å². The molecule has 0 aliphatic carbocycles. The maximum absolute atomic E-state index is 10.9. The number of carbonyl (C=O) groups excluding carboxylic acids is 1. The minimum absolute atomic E-state index is 0.0718. The van der Waals surface area contributed by atoms with E-state index in [4.69, 9.17) is 4.74 Å². The summed E-state index contributed by atoms with van der Waals surface area (Å²) in [5, 5.41) is 2.68. The molecule has 1 rings (SSSR count). The van der Waals surface area contributed by atoms with Crippen LogP contribution in [0.2, 0.25) is 0 Å². The Morgan fingerprint density at radius 2 is 2.42 bits per heavy atom. The average Bonchev–Trinajstić information content (AvgIpc) is 2.05. The highest BCUT2D eigenvalue weighted by Gasteiger charge is 2.14. The molecule has 0 aromatic carbocycles. The lowest BCUT2D eigenvalue weighted by Crippen LogP contribution is -2.31. The summed E-state index contributed by atoms with van der Waals surface area (Å²) in [4.78, 5) is 10.9. The third-order valence-corrected chi connectivity index (χ3v) is 1.42. The number of ether oxygens (including phenoxy) is 1. The molecule has 1 amide bonds. The molecule has 3 nitrogen and oxygen atoms in total. The standard InChI is InChI=1S/C9H11NO2/c1-3-5-7-8(4-2)12-6-9(11)10-7/h3-5H,2,6H2,1H3,(H,10,11)/b5-3-. The summed E-state index contributed by atoms with van der Waals surface area (Å²) in [6.07, 6.45) is 5.18. The predicted octanol–water partition coefficient (Wildman–Crippen LogP) is 1.11. The number of rotatable bonds is 2.